The molecule has 0 radical (unpaired) electrons. The molecule has 0 aliphatic rings. The van der Waals surface area contributed by atoms with Crippen molar-refractivity contribution in [2.75, 3.05) is 6.61 Å². The SMILES string of the molecule is O=C(COc1ccc(Cl)cc1Cl)NN=Cc1cn(-c2ccccc2)nc1-c1ccccc1. The first-order valence-electron chi connectivity index (χ1n) is 9.70. The van der Waals surface area contributed by atoms with E-state index in [-0.39, 0.29) is 6.61 Å². The van der Waals surface area contributed by atoms with Crippen molar-refractivity contribution in [1.29, 1.82) is 0 Å². The molecule has 1 aromatic heterocycles. The summed E-state index contributed by atoms with van der Waals surface area (Å²) in [4.78, 5) is 12.1. The van der Waals surface area contributed by atoms with E-state index in [9.17, 15) is 4.79 Å². The topological polar surface area (TPSA) is 68.5 Å². The number of carbonyl (C=O) groups excluding carboxylic acids is 1. The molecule has 1 N–H and O–H groups in total. The van der Waals surface area contributed by atoms with E-state index in [1.165, 1.54) is 0 Å². The van der Waals surface area contributed by atoms with E-state index < -0.39 is 5.91 Å². The van der Waals surface area contributed by atoms with Gasteiger partial charge in [0.05, 0.1) is 16.9 Å². The zero-order valence-electron chi connectivity index (χ0n) is 16.8. The monoisotopic (exact) mass is 464 g/mol. The van der Waals surface area contributed by atoms with E-state index in [4.69, 9.17) is 33.0 Å². The molecule has 4 rings (SSSR count). The summed E-state index contributed by atoms with van der Waals surface area (Å²) in [5, 5.41) is 9.59. The molecule has 160 valence electrons. The lowest BCUT2D eigenvalue weighted by molar-refractivity contribution is -0.123. The number of benzene rings is 3. The Bertz CT molecular complexity index is 1240. The molecule has 0 fully saturated rings. The first kappa shape index (κ1) is 21.6. The second kappa shape index (κ2) is 10.1. The van der Waals surface area contributed by atoms with Gasteiger partial charge in [0.15, 0.2) is 6.61 Å². The van der Waals surface area contributed by atoms with Crippen LogP contribution in [0.25, 0.3) is 16.9 Å². The summed E-state index contributed by atoms with van der Waals surface area (Å²) in [6, 6.07) is 24.3. The van der Waals surface area contributed by atoms with Crippen LogP contribution in [0, 0.1) is 0 Å². The van der Waals surface area contributed by atoms with Crippen LogP contribution in [-0.4, -0.2) is 28.5 Å². The van der Waals surface area contributed by atoms with E-state index in [0.29, 0.717) is 15.8 Å². The number of halogens is 2. The highest BCUT2D eigenvalue weighted by atomic mass is 35.5. The molecule has 1 amide bonds. The Morgan fingerprint density at radius 2 is 1.75 bits per heavy atom. The Labute approximate surface area is 195 Å². The summed E-state index contributed by atoms with van der Waals surface area (Å²) in [6.45, 7) is -0.243. The second-order valence-corrected chi connectivity index (χ2v) is 7.58. The summed E-state index contributed by atoms with van der Waals surface area (Å²) in [7, 11) is 0. The number of hydrogen-bond donors (Lipinski definition) is 1. The van der Waals surface area contributed by atoms with Crippen molar-refractivity contribution >= 4 is 35.3 Å². The fraction of sp³-hybridized carbons (Fsp3) is 0.0417. The van der Waals surface area contributed by atoms with Crippen molar-refractivity contribution < 1.29 is 9.53 Å². The zero-order valence-corrected chi connectivity index (χ0v) is 18.3. The summed E-state index contributed by atoms with van der Waals surface area (Å²) in [5.74, 6) is -0.0605. The van der Waals surface area contributed by atoms with Gasteiger partial charge in [-0.05, 0) is 30.3 Å². The molecule has 32 heavy (non-hydrogen) atoms. The van der Waals surface area contributed by atoms with Crippen molar-refractivity contribution in [2.45, 2.75) is 0 Å². The minimum atomic E-state index is -0.427. The van der Waals surface area contributed by atoms with E-state index in [0.717, 1.165) is 22.5 Å². The number of rotatable bonds is 7. The molecular formula is C24H18Cl2N4O2. The standard InChI is InChI=1S/C24H18Cl2N4O2/c25-19-11-12-22(21(26)13-19)32-16-23(31)28-27-14-18-15-30(20-9-5-2-6-10-20)29-24(18)17-7-3-1-4-8-17/h1-15H,16H2,(H,28,31). The Hall–Kier alpha value is -3.61. The van der Waals surface area contributed by atoms with Gasteiger partial charge >= 0.3 is 0 Å². The lowest BCUT2D eigenvalue weighted by Crippen LogP contribution is -2.24. The Morgan fingerprint density at radius 3 is 2.47 bits per heavy atom. The number of ether oxygens (including phenoxy) is 1. The van der Waals surface area contributed by atoms with Crippen molar-refractivity contribution in [3.8, 4) is 22.7 Å². The molecule has 1 heterocycles. The molecule has 4 aromatic rings. The smallest absolute Gasteiger partial charge is 0.277 e. The molecule has 0 unspecified atom stereocenters. The number of carbonyl (C=O) groups is 1. The van der Waals surface area contributed by atoms with Crippen molar-refractivity contribution in [3.05, 3.63) is 101 Å². The van der Waals surface area contributed by atoms with Crippen LogP contribution in [0.15, 0.2) is 90.2 Å². The normalized spacial score (nSPS) is 10.9. The van der Waals surface area contributed by atoms with Gasteiger partial charge in [0.2, 0.25) is 0 Å². The highest BCUT2D eigenvalue weighted by molar-refractivity contribution is 6.35. The lowest BCUT2D eigenvalue weighted by Gasteiger charge is -2.06. The summed E-state index contributed by atoms with van der Waals surface area (Å²) >= 11 is 11.9. The van der Waals surface area contributed by atoms with Gasteiger partial charge in [0.1, 0.15) is 11.4 Å². The van der Waals surface area contributed by atoms with Crippen LogP contribution in [-0.2, 0) is 4.79 Å². The van der Waals surface area contributed by atoms with E-state index in [1.807, 2.05) is 66.9 Å². The largest absolute Gasteiger partial charge is 0.482 e. The lowest BCUT2D eigenvalue weighted by atomic mass is 10.1. The Morgan fingerprint density at radius 1 is 1.03 bits per heavy atom. The molecule has 0 spiro atoms. The maximum Gasteiger partial charge on any atom is 0.277 e. The zero-order chi connectivity index (χ0) is 22.3. The summed E-state index contributed by atoms with van der Waals surface area (Å²) < 4.78 is 7.19. The maximum atomic E-state index is 12.1. The van der Waals surface area contributed by atoms with Gasteiger partial charge in [-0.2, -0.15) is 10.2 Å². The van der Waals surface area contributed by atoms with E-state index in [2.05, 4.69) is 10.5 Å². The highest BCUT2D eigenvalue weighted by Crippen LogP contribution is 2.27. The second-order valence-electron chi connectivity index (χ2n) is 6.74. The molecule has 0 saturated heterocycles. The number of nitrogens with one attached hydrogen (secondary N) is 1. The molecular weight excluding hydrogens is 447 g/mol. The fourth-order valence-electron chi connectivity index (χ4n) is 2.96. The predicted molar refractivity (Wildman–Crippen MR) is 127 cm³/mol. The number of hydrogen-bond acceptors (Lipinski definition) is 4. The molecule has 0 saturated carbocycles. The quantitative estimate of drug-likeness (QED) is 0.295. The molecule has 3 aromatic carbocycles. The van der Waals surface area contributed by atoms with Crippen LogP contribution in [0.4, 0.5) is 0 Å². The number of amides is 1. The molecule has 6 nitrogen and oxygen atoms in total. The van der Waals surface area contributed by atoms with Crippen LogP contribution < -0.4 is 10.2 Å². The van der Waals surface area contributed by atoms with E-state index in [1.54, 1.807) is 29.1 Å². The van der Waals surface area contributed by atoms with Gasteiger partial charge < -0.3 is 4.74 Å². The average Bonchev–Trinajstić information content (AvgIpc) is 3.24. The summed E-state index contributed by atoms with van der Waals surface area (Å²) in [6.07, 6.45) is 3.42. The Kier molecular flexibility index (Phi) is 6.84. The highest BCUT2D eigenvalue weighted by Gasteiger charge is 2.11. The minimum Gasteiger partial charge on any atom is -0.482 e. The van der Waals surface area contributed by atoms with Gasteiger partial charge in [0.25, 0.3) is 5.91 Å². The summed E-state index contributed by atoms with van der Waals surface area (Å²) in [5.41, 5.74) is 5.82. The third kappa shape index (κ3) is 5.35. The third-order valence-corrected chi connectivity index (χ3v) is 4.99. The van der Waals surface area contributed by atoms with Gasteiger partial charge in [-0.15, -0.1) is 0 Å². The number of hydrazone groups is 1. The fourth-order valence-corrected chi connectivity index (χ4v) is 3.42. The van der Waals surface area contributed by atoms with Crippen molar-refractivity contribution in [3.63, 3.8) is 0 Å². The molecule has 0 aliphatic carbocycles. The molecule has 8 heteroatoms. The van der Waals surface area contributed by atoms with Crippen LogP contribution >= 0.6 is 23.2 Å². The van der Waals surface area contributed by atoms with Crippen LogP contribution in [0.2, 0.25) is 10.0 Å². The molecule has 0 bridgehead atoms. The van der Waals surface area contributed by atoms with Crippen LogP contribution in [0.1, 0.15) is 5.56 Å². The van der Waals surface area contributed by atoms with Crippen molar-refractivity contribution in [2.24, 2.45) is 5.10 Å². The average molecular weight is 465 g/mol. The maximum absolute atomic E-state index is 12.1. The first-order chi connectivity index (χ1) is 15.6. The number of aromatic nitrogens is 2. The van der Waals surface area contributed by atoms with E-state index >= 15 is 0 Å². The first-order valence-corrected chi connectivity index (χ1v) is 10.5. The Balaban J connectivity index is 1.47. The number of para-hydroxylation sites is 1. The molecule has 0 atom stereocenters. The van der Waals surface area contributed by atoms with Gasteiger partial charge in [-0.1, -0.05) is 71.7 Å². The van der Waals surface area contributed by atoms with Crippen LogP contribution in [0.5, 0.6) is 5.75 Å². The molecule has 0 aliphatic heterocycles. The van der Waals surface area contributed by atoms with Gasteiger partial charge in [-0.3, -0.25) is 4.79 Å². The van der Waals surface area contributed by atoms with Gasteiger partial charge in [0, 0.05) is 22.3 Å². The number of nitrogens with zero attached hydrogens (tertiary/aromatic N) is 3. The predicted octanol–water partition coefficient (Wildman–Crippen LogP) is 5.38. The van der Waals surface area contributed by atoms with Crippen LogP contribution in [0.3, 0.4) is 0 Å². The third-order valence-electron chi connectivity index (χ3n) is 4.46. The minimum absolute atomic E-state index is 0.243. The van der Waals surface area contributed by atoms with Crippen molar-refractivity contribution in [1.82, 2.24) is 15.2 Å². The van der Waals surface area contributed by atoms with Gasteiger partial charge in [-0.25, -0.2) is 10.1 Å².